The molecule has 0 heterocycles. The van der Waals surface area contributed by atoms with Crippen LogP contribution in [0.15, 0.2) is 0 Å². The summed E-state index contributed by atoms with van der Waals surface area (Å²) in [7, 11) is 0.789. The van der Waals surface area contributed by atoms with E-state index in [9.17, 15) is 0 Å². The van der Waals surface area contributed by atoms with Crippen LogP contribution in [0.5, 0.6) is 0 Å². The van der Waals surface area contributed by atoms with Gasteiger partial charge < -0.3 is 0 Å². The van der Waals surface area contributed by atoms with Crippen molar-refractivity contribution in [2.24, 2.45) is 0 Å². The molecular weight excluding hydrogens is 366 g/mol. The molecule has 1 atom stereocenters. The van der Waals surface area contributed by atoms with Crippen molar-refractivity contribution in [1.29, 1.82) is 0 Å². The van der Waals surface area contributed by atoms with Crippen molar-refractivity contribution in [3.8, 4) is 0 Å². The Hall–Kier alpha value is 1.55. The number of hydrogen-bond donors (Lipinski definition) is 0. The molecule has 0 saturated heterocycles. The third kappa shape index (κ3) is 5.87. The van der Waals surface area contributed by atoms with Crippen LogP contribution >= 0.6 is 15.8 Å². The third-order valence-corrected chi connectivity index (χ3v) is 12.9. The Morgan fingerprint density at radius 1 is 0.923 bits per heavy atom. The molecule has 1 unspecified atom stereocenters. The van der Waals surface area contributed by atoms with Crippen LogP contribution in [-0.4, -0.2) is 34.9 Å². The Labute approximate surface area is 98.0 Å². The Morgan fingerprint density at radius 2 is 1.38 bits per heavy atom. The second-order valence-electron chi connectivity index (χ2n) is 3.16. The van der Waals surface area contributed by atoms with Gasteiger partial charge in [0, 0.05) is 0 Å². The van der Waals surface area contributed by atoms with Crippen LogP contribution in [0.1, 0.15) is 27.7 Å². The SMILES string of the molecule is CCP(CC)C[CH]([W])P(CC)CC. The van der Waals surface area contributed by atoms with Crippen molar-refractivity contribution in [1.82, 2.24) is 0 Å². The van der Waals surface area contributed by atoms with Crippen LogP contribution < -0.4 is 0 Å². The molecule has 13 heavy (non-hydrogen) atoms. The molecule has 0 aliphatic heterocycles. The molecular formula is C10H23P2W. The van der Waals surface area contributed by atoms with E-state index in [2.05, 4.69) is 27.7 Å². The van der Waals surface area contributed by atoms with E-state index in [-0.39, 0.29) is 0 Å². The van der Waals surface area contributed by atoms with Crippen LogP contribution in [0.25, 0.3) is 0 Å². The fourth-order valence-corrected chi connectivity index (χ4v) is 11.2. The molecule has 0 nitrogen and oxygen atoms in total. The van der Waals surface area contributed by atoms with Crippen molar-refractivity contribution < 1.29 is 19.8 Å². The minimum atomic E-state index is 0.392. The van der Waals surface area contributed by atoms with Crippen LogP contribution in [0, 0.1) is 0 Å². The normalized spacial score (nSPS) is 14.0. The van der Waals surface area contributed by atoms with Crippen LogP contribution in [-0.2, 0) is 19.8 Å². The number of rotatable bonds is 7. The van der Waals surface area contributed by atoms with Crippen LogP contribution in [0.4, 0.5) is 0 Å². The zero-order chi connectivity index (χ0) is 10.3. The van der Waals surface area contributed by atoms with Gasteiger partial charge in [-0.05, 0) is 0 Å². The van der Waals surface area contributed by atoms with Gasteiger partial charge in [-0.3, -0.25) is 0 Å². The molecule has 0 aromatic carbocycles. The molecule has 0 aromatic rings. The average molecular weight is 389 g/mol. The Bertz CT molecular complexity index is 111. The van der Waals surface area contributed by atoms with E-state index in [0.29, 0.717) is 15.8 Å². The quantitative estimate of drug-likeness (QED) is 0.580. The van der Waals surface area contributed by atoms with Gasteiger partial charge in [0.05, 0.1) is 0 Å². The first kappa shape index (κ1) is 14.5. The zero-order valence-electron chi connectivity index (χ0n) is 9.42. The molecule has 3 heteroatoms. The Balaban J connectivity index is 3.87. The van der Waals surface area contributed by atoms with Crippen LogP contribution in [0.3, 0.4) is 0 Å². The fraction of sp³-hybridized carbons (Fsp3) is 1.00. The molecule has 0 aromatic heterocycles. The van der Waals surface area contributed by atoms with Gasteiger partial charge in [-0.2, -0.15) is 0 Å². The predicted molar refractivity (Wildman–Crippen MR) is 64.7 cm³/mol. The summed E-state index contributed by atoms with van der Waals surface area (Å²) >= 11 is 1.86. The molecule has 0 spiro atoms. The van der Waals surface area contributed by atoms with E-state index < -0.39 is 0 Å². The molecule has 79 valence electrons. The monoisotopic (exact) mass is 389 g/mol. The molecule has 0 bridgehead atoms. The summed E-state index contributed by atoms with van der Waals surface area (Å²) in [6.45, 7) is 9.51. The summed E-state index contributed by atoms with van der Waals surface area (Å²) < 4.78 is 1.11. The van der Waals surface area contributed by atoms with Gasteiger partial charge in [0.15, 0.2) is 0 Å². The predicted octanol–water partition coefficient (Wildman–Crippen LogP) is 3.90. The van der Waals surface area contributed by atoms with Crippen molar-refractivity contribution >= 4 is 15.8 Å². The molecule has 0 fully saturated rings. The summed E-state index contributed by atoms with van der Waals surface area (Å²) in [5, 5.41) is 0. The van der Waals surface area contributed by atoms with E-state index in [0.717, 1.165) is 4.05 Å². The van der Waals surface area contributed by atoms with Crippen molar-refractivity contribution in [2.75, 3.05) is 30.8 Å². The third-order valence-electron chi connectivity index (χ3n) is 2.53. The first-order chi connectivity index (χ1) is 6.19. The molecule has 0 aliphatic carbocycles. The van der Waals surface area contributed by atoms with Gasteiger partial charge in [0.2, 0.25) is 0 Å². The maximum absolute atomic E-state index is 2.38. The van der Waals surface area contributed by atoms with Gasteiger partial charge in [-0.15, -0.1) is 0 Å². The summed E-state index contributed by atoms with van der Waals surface area (Å²) in [5.74, 6) is 0. The van der Waals surface area contributed by atoms with E-state index >= 15 is 0 Å². The van der Waals surface area contributed by atoms with E-state index in [1.165, 1.54) is 24.6 Å². The van der Waals surface area contributed by atoms with Gasteiger partial charge in [0.25, 0.3) is 0 Å². The van der Waals surface area contributed by atoms with Gasteiger partial charge in [-0.1, -0.05) is 0 Å². The first-order valence-corrected chi connectivity index (χ1v) is 10.7. The van der Waals surface area contributed by atoms with Crippen molar-refractivity contribution in [3.63, 3.8) is 0 Å². The molecule has 0 radical (unpaired) electrons. The fourth-order valence-electron chi connectivity index (χ4n) is 1.45. The molecule has 0 rings (SSSR count). The second-order valence-corrected chi connectivity index (χ2v) is 12.6. The van der Waals surface area contributed by atoms with E-state index in [4.69, 9.17) is 0 Å². The van der Waals surface area contributed by atoms with Crippen molar-refractivity contribution in [2.45, 2.75) is 31.7 Å². The van der Waals surface area contributed by atoms with Gasteiger partial charge in [-0.25, -0.2) is 0 Å². The summed E-state index contributed by atoms with van der Waals surface area (Å²) in [5.41, 5.74) is 0. The van der Waals surface area contributed by atoms with Crippen LogP contribution in [0.2, 0.25) is 0 Å². The molecule has 0 amide bonds. The molecule has 0 saturated carbocycles. The summed E-state index contributed by atoms with van der Waals surface area (Å²) in [6.07, 6.45) is 7.39. The van der Waals surface area contributed by atoms with E-state index in [1.54, 1.807) is 6.16 Å². The second kappa shape index (κ2) is 8.82. The number of hydrogen-bond acceptors (Lipinski definition) is 0. The molecule has 0 aliphatic rings. The standard InChI is InChI=1S/C10H23P2.W/c1-5-11(6-2)9-10-12(7-3)8-4;/h9H,5-8,10H2,1-4H3;. The van der Waals surface area contributed by atoms with E-state index in [1.807, 2.05) is 19.8 Å². The summed E-state index contributed by atoms with van der Waals surface area (Å²) in [6, 6.07) is 0. The Kier molecular flexibility index (Phi) is 9.88. The zero-order valence-corrected chi connectivity index (χ0v) is 14.1. The van der Waals surface area contributed by atoms with Crippen molar-refractivity contribution in [3.05, 3.63) is 0 Å². The average Bonchev–Trinajstić information content (AvgIpc) is 2.16. The van der Waals surface area contributed by atoms with Gasteiger partial charge in [0.1, 0.15) is 0 Å². The topological polar surface area (TPSA) is 0 Å². The summed E-state index contributed by atoms with van der Waals surface area (Å²) in [4.78, 5) is 0. The minimum absolute atomic E-state index is 0.392. The maximum atomic E-state index is 2.38. The molecule has 0 N–H and O–H groups in total. The van der Waals surface area contributed by atoms with Gasteiger partial charge >= 0.3 is 98.2 Å². The Morgan fingerprint density at radius 3 is 1.69 bits per heavy atom. The first-order valence-electron chi connectivity index (χ1n) is 5.31.